The number of halogens is 3. The molecule has 2 nitrogen and oxygen atoms in total. The molecule has 0 heterocycles. The maximum atomic E-state index is 12.2. The van der Waals surface area contributed by atoms with E-state index in [-0.39, 0.29) is 5.97 Å². The lowest BCUT2D eigenvalue weighted by molar-refractivity contribution is 0.0473. The van der Waals surface area contributed by atoms with Crippen molar-refractivity contribution >= 4 is 73.7 Å². The molecule has 0 unspecified atom stereocenters. The Labute approximate surface area is 161 Å². The molecule has 1 aromatic rings. The highest BCUT2D eigenvalue weighted by atomic mass is 127. The first-order valence-corrected chi connectivity index (χ1v) is 10.1. The van der Waals surface area contributed by atoms with Crippen LogP contribution in [0.25, 0.3) is 0 Å². The fourth-order valence-electron chi connectivity index (χ4n) is 2.58. The molecule has 1 aromatic carbocycles. The SMILES string of the molecule is O=C(OCCC1CCCCC1)c1cc(I)cc(I)c1I. The maximum absolute atomic E-state index is 12.2. The Morgan fingerprint density at radius 3 is 2.55 bits per heavy atom. The van der Waals surface area contributed by atoms with Crippen LogP contribution in [0.2, 0.25) is 0 Å². The van der Waals surface area contributed by atoms with E-state index >= 15 is 0 Å². The number of esters is 1. The van der Waals surface area contributed by atoms with Gasteiger partial charge in [0.2, 0.25) is 0 Å². The monoisotopic (exact) mass is 610 g/mol. The van der Waals surface area contributed by atoms with Crippen LogP contribution in [-0.2, 0) is 4.74 Å². The van der Waals surface area contributed by atoms with Crippen molar-refractivity contribution in [1.29, 1.82) is 0 Å². The molecule has 1 aliphatic rings. The largest absolute Gasteiger partial charge is 0.462 e. The molecule has 5 heteroatoms. The molecule has 0 saturated heterocycles. The number of carbonyl (C=O) groups excluding carboxylic acids is 1. The van der Waals surface area contributed by atoms with Crippen LogP contribution in [0.5, 0.6) is 0 Å². The van der Waals surface area contributed by atoms with Gasteiger partial charge in [0.05, 0.1) is 12.2 Å². The summed E-state index contributed by atoms with van der Waals surface area (Å²) in [5, 5.41) is 0. The van der Waals surface area contributed by atoms with E-state index in [1.807, 2.05) is 6.07 Å². The van der Waals surface area contributed by atoms with Gasteiger partial charge in [0.1, 0.15) is 0 Å². The number of rotatable bonds is 4. The average Bonchev–Trinajstić information content (AvgIpc) is 2.44. The van der Waals surface area contributed by atoms with Crippen molar-refractivity contribution in [1.82, 2.24) is 0 Å². The molecule has 2 rings (SSSR count). The topological polar surface area (TPSA) is 26.3 Å². The predicted octanol–water partition coefficient (Wildman–Crippen LogP) is 5.63. The highest BCUT2D eigenvalue weighted by Gasteiger charge is 2.17. The van der Waals surface area contributed by atoms with Crippen LogP contribution in [0.4, 0.5) is 0 Å². The second-order valence-electron chi connectivity index (χ2n) is 5.18. The molecule has 0 N–H and O–H groups in total. The van der Waals surface area contributed by atoms with Crippen LogP contribution < -0.4 is 0 Å². The molecule has 0 spiro atoms. The van der Waals surface area contributed by atoms with Crippen molar-refractivity contribution in [2.45, 2.75) is 38.5 Å². The highest BCUT2D eigenvalue weighted by Crippen LogP contribution is 2.27. The van der Waals surface area contributed by atoms with Gasteiger partial charge in [-0.25, -0.2) is 4.79 Å². The molecule has 0 aliphatic heterocycles. The normalized spacial score (nSPS) is 16.1. The first-order chi connectivity index (χ1) is 9.58. The number of hydrogen-bond donors (Lipinski definition) is 0. The standard InChI is InChI=1S/C15H17I3O2/c16-11-8-12(14(18)13(17)9-11)15(19)20-7-6-10-4-2-1-3-5-10/h8-10H,1-7H2. The summed E-state index contributed by atoms with van der Waals surface area (Å²) in [7, 11) is 0. The zero-order valence-electron chi connectivity index (χ0n) is 11.1. The summed E-state index contributed by atoms with van der Waals surface area (Å²) in [5.41, 5.74) is 0.700. The van der Waals surface area contributed by atoms with E-state index in [2.05, 4.69) is 73.8 Å². The smallest absolute Gasteiger partial charge is 0.339 e. The molecule has 0 radical (unpaired) electrons. The first kappa shape index (κ1) is 17.2. The van der Waals surface area contributed by atoms with Gasteiger partial charge in [-0.3, -0.25) is 0 Å². The zero-order valence-corrected chi connectivity index (χ0v) is 17.6. The summed E-state index contributed by atoms with van der Waals surface area (Å²) < 4.78 is 8.64. The molecule has 110 valence electrons. The number of carbonyl (C=O) groups is 1. The van der Waals surface area contributed by atoms with Crippen LogP contribution in [-0.4, -0.2) is 12.6 Å². The van der Waals surface area contributed by atoms with Gasteiger partial charge in [-0.1, -0.05) is 32.1 Å². The Morgan fingerprint density at radius 2 is 1.85 bits per heavy atom. The van der Waals surface area contributed by atoms with Crippen LogP contribution in [0.15, 0.2) is 12.1 Å². The number of benzene rings is 1. The zero-order chi connectivity index (χ0) is 14.5. The van der Waals surface area contributed by atoms with Gasteiger partial charge in [0, 0.05) is 10.7 Å². The van der Waals surface area contributed by atoms with Crippen molar-refractivity contribution in [2.24, 2.45) is 5.92 Å². The minimum Gasteiger partial charge on any atom is -0.462 e. The van der Waals surface area contributed by atoms with Gasteiger partial charge in [-0.15, -0.1) is 0 Å². The van der Waals surface area contributed by atoms with E-state index < -0.39 is 0 Å². The van der Waals surface area contributed by atoms with E-state index in [1.165, 1.54) is 32.1 Å². The molecule has 1 saturated carbocycles. The van der Waals surface area contributed by atoms with Gasteiger partial charge in [0.25, 0.3) is 0 Å². The van der Waals surface area contributed by atoms with Crippen molar-refractivity contribution < 1.29 is 9.53 Å². The fourth-order valence-corrected chi connectivity index (χ4v) is 4.95. The van der Waals surface area contributed by atoms with Gasteiger partial charge in [-0.05, 0) is 92.2 Å². The molecule has 0 aromatic heterocycles. The fraction of sp³-hybridized carbons (Fsp3) is 0.533. The van der Waals surface area contributed by atoms with Crippen LogP contribution in [0.3, 0.4) is 0 Å². The van der Waals surface area contributed by atoms with E-state index in [1.54, 1.807) is 0 Å². The third-order valence-electron chi connectivity index (χ3n) is 3.70. The summed E-state index contributed by atoms with van der Waals surface area (Å²) in [6.07, 6.45) is 7.67. The summed E-state index contributed by atoms with van der Waals surface area (Å²) in [6, 6.07) is 3.98. The van der Waals surface area contributed by atoms with Gasteiger partial charge in [0.15, 0.2) is 0 Å². The van der Waals surface area contributed by atoms with Crippen molar-refractivity contribution in [3.8, 4) is 0 Å². The summed E-state index contributed by atoms with van der Waals surface area (Å²) in [4.78, 5) is 12.2. The lowest BCUT2D eigenvalue weighted by Gasteiger charge is -2.21. The third kappa shape index (κ3) is 4.96. The van der Waals surface area contributed by atoms with E-state index in [9.17, 15) is 4.79 Å². The molecule has 20 heavy (non-hydrogen) atoms. The maximum Gasteiger partial charge on any atom is 0.339 e. The molecule has 1 fully saturated rings. The Balaban J connectivity index is 1.88. The Hall–Kier alpha value is 0.880. The average molecular weight is 610 g/mol. The van der Waals surface area contributed by atoms with Crippen molar-refractivity contribution in [3.63, 3.8) is 0 Å². The Kier molecular flexibility index (Phi) is 7.32. The second kappa shape index (κ2) is 8.50. The Bertz CT molecular complexity index is 482. The molecular weight excluding hydrogens is 593 g/mol. The third-order valence-corrected chi connectivity index (χ3v) is 7.36. The minimum absolute atomic E-state index is 0.179. The van der Waals surface area contributed by atoms with Gasteiger partial charge >= 0.3 is 5.97 Å². The van der Waals surface area contributed by atoms with Crippen LogP contribution >= 0.6 is 67.8 Å². The quantitative estimate of drug-likeness (QED) is 0.251. The Morgan fingerprint density at radius 1 is 1.15 bits per heavy atom. The van der Waals surface area contributed by atoms with Crippen molar-refractivity contribution in [2.75, 3.05) is 6.61 Å². The second-order valence-corrected chi connectivity index (χ2v) is 8.66. The molecule has 0 atom stereocenters. The van der Waals surface area contributed by atoms with Gasteiger partial charge < -0.3 is 4.74 Å². The predicted molar refractivity (Wildman–Crippen MR) is 106 cm³/mol. The van der Waals surface area contributed by atoms with Crippen molar-refractivity contribution in [3.05, 3.63) is 28.4 Å². The molecule has 0 amide bonds. The highest BCUT2D eigenvalue weighted by molar-refractivity contribution is 14.1. The van der Waals surface area contributed by atoms with E-state index in [0.29, 0.717) is 12.2 Å². The van der Waals surface area contributed by atoms with Crippen LogP contribution in [0, 0.1) is 16.6 Å². The lowest BCUT2D eigenvalue weighted by Crippen LogP contribution is -2.14. The molecule has 0 bridgehead atoms. The van der Waals surface area contributed by atoms with Crippen LogP contribution in [0.1, 0.15) is 48.9 Å². The lowest BCUT2D eigenvalue weighted by atomic mass is 9.87. The first-order valence-electron chi connectivity index (χ1n) is 6.89. The van der Waals surface area contributed by atoms with E-state index in [0.717, 1.165) is 23.0 Å². The molecule has 1 aliphatic carbocycles. The summed E-state index contributed by atoms with van der Waals surface area (Å²) >= 11 is 6.72. The van der Waals surface area contributed by atoms with E-state index in [4.69, 9.17) is 4.74 Å². The summed E-state index contributed by atoms with van der Waals surface area (Å²) in [6.45, 7) is 0.557. The minimum atomic E-state index is -0.179. The molecular formula is C15H17I3O2. The number of hydrogen-bond acceptors (Lipinski definition) is 2. The van der Waals surface area contributed by atoms with Gasteiger partial charge in [-0.2, -0.15) is 0 Å². The number of ether oxygens (including phenoxy) is 1. The summed E-state index contributed by atoms with van der Waals surface area (Å²) in [5.74, 6) is 0.577.